The highest BCUT2D eigenvalue weighted by atomic mass is 16.4. The van der Waals surface area contributed by atoms with Crippen molar-refractivity contribution in [2.45, 2.75) is 32.1 Å². The largest absolute Gasteiger partial charge is 0.479 e. The number of rotatable bonds is 5. The van der Waals surface area contributed by atoms with Crippen molar-refractivity contribution in [1.29, 1.82) is 0 Å². The fourth-order valence-corrected chi connectivity index (χ4v) is 1.83. The number of aromatic nitrogens is 4. The molecule has 0 bridgehead atoms. The maximum absolute atomic E-state index is 9.77. The average molecular weight is 343 g/mol. The summed E-state index contributed by atoms with van der Waals surface area (Å²) in [7, 11) is 2.11. The van der Waals surface area contributed by atoms with E-state index in [2.05, 4.69) is 33.4 Å². The first kappa shape index (κ1) is 19.7. The van der Waals surface area contributed by atoms with Gasteiger partial charge in [-0.15, -0.1) is 10.2 Å². The Morgan fingerprint density at radius 3 is 2.25 bits per heavy atom. The van der Waals surface area contributed by atoms with Crippen LogP contribution in [0.2, 0.25) is 0 Å². The molecule has 0 fully saturated rings. The third-order valence-corrected chi connectivity index (χ3v) is 3.17. The fourth-order valence-electron chi connectivity index (χ4n) is 1.83. The van der Waals surface area contributed by atoms with Crippen molar-refractivity contribution >= 4 is 17.5 Å². The molecule has 0 aromatic carbocycles. The van der Waals surface area contributed by atoms with E-state index in [1.54, 1.807) is 4.80 Å². The molecule has 0 aliphatic carbocycles. The van der Waals surface area contributed by atoms with Crippen LogP contribution in [0.25, 0.3) is 5.57 Å². The number of aliphatic carboxylic acids is 2. The van der Waals surface area contributed by atoms with E-state index in [0.717, 1.165) is 31.9 Å². The summed E-state index contributed by atoms with van der Waals surface area (Å²) in [5.74, 6) is -2.76. The van der Waals surface area contributed by atoms with E-state index in [1.807, 2.05) is 6.92 Å². The van der Waals surface area contributed by atoms with E-state index in [1.165, 1.54) is 5.57 Å². The van der Waals surface area contributed by atoms with Crippen molar-refractivity contribution in [2.75, 3.05) is 20.1 Å². The van der Waals surface area contributed by atoms with Gasteiger partial charge in [-0.3, -0.25) is 0 Å². The Hall–Kier alpha value is -2.37. The van der Waals surface area contributed by atoms with Crippen molar-refractivity contribution in [3.63, 3.8) is 0 Å². The predicted molar refractivity (Wildman–Crippen MR) is 80.9 cm³/mol. The van der Waals surface area contributed by atoms with Crippen LogP contribution >= 0.6 is 0 Å². The second kappa shape index (κ2) is 9.05. The number of carbonyl (C=O) groups is 2. The zero-order chi connectivity index (χ0) is 18.3. The summed E-state index contributed by atoms with van der Waals surface area (Å²) < 4.78 is 0. The van der Waals surface area contributed by atoms with Gasteiger partial charge in [-0.05, 0) is 25.6 Å². The highest BCUT2D eigenvalue weighted by molar-refractivity contribution is 5.83. The molecule has 2 rings (SSSR count). The molecule has 0 unspecified atom stereocenters. The van der Waals surface area contributed by atoms with Gasteiger partial charge in [-0.1, -0.05) is 6.08 Å². The summed E-state index contributed by atoms with van der Waals surface area (Å²) in [4.78, 5) is 23.4. The van der Waals surface area contributed by atoms with Crippen molar-refractivity contribution in [2.24, 2.45) is 0 Å². The van der Waals surface area contributed by atoms with Crippen LogP contribution in [0.5, 0.6) is 0 Å². The van der Waals surface area contributed by atoms with Crippen LogP contribution in [0, 0.1) is 0 Å². The van der Waals surface area contributed by atoms with Gasteiger partial charge in [-0.25, -0.2) is 9.59 Å². The zero-order valence-corrected chi connectivity index (χ0v) is 13.4. The topological polar surface area (TPSA) is 162 Å². The molecule has 1 aromatic rings. The molecule has 11 nitrogen and oxygen atoms in total. The highest BCUT2D eigenvalue weighted by Gasteiger charge is 2.29. The first-order chi connectivity index (χ1) is 11.3. The maximum atomic E-state index is 9.77. The van der Waals surface area contributed by atoms with Gasteiger partial charge in [-0.2, -0.15) is 4.80 Å². The molecule has 0 saturated heterocycles. The quantitative estimate of drug-likeness (QED) is 0.484. The molecular weight excluding hydrogens is 322 g/mol. The Kier molecular flexibility index (Phi) is 7.42. The van der Waals surface area contributed by atoms with E-state index in [4.69, 9.17) is 20.4 Å². The first-order valence-corrected chi connectivity index (χ1v) is 7.23. The standard InChI is InChI=1S/C9H15N5.C4H6O6/c1-3-14-11-9(10-12-14)8-5-4-6-13(2)7-8;5-1(3(7)8)2(6)4(9)10/h5H,3-4,6-7H2,1-2H3;1-2,5-6H,(H,7,8)(H,9,10)/t;1-,2-/m.0/s1. The second-order valence-electron chi connectivity index (χ2n) is 5.12. The molecule has 0 spiro atoms. The van der Waals surface area contributed by atoms with Gasteiger partial charge in [0, 0.05) is 18.7 Å². The Morgan fingerprint density at radius 2 is 1.83 bits per heavy atom. The van der Waals surface area contributed by atoms with E-state index in [0.29, 0.717) is 0 Å². The molecule has 2 atom stereocenters. The van der Waals surface area contributed by atoms with Gasteiger partial charge in [0.05, 0.1) is 6.54 Å². The van der Waals surface area contributed by atoms with E-state index in [9.17, 15) is 9.59 Å². The van der Waals surface area contributed by atoms with Crippen LogP contribution in [0.1, 0.15) is 19.2 Å². The van der Waals surface area contributed by atoms with Crippen molar-refractivity contribution in [3.8, 4) is 0 Å². The number of aliphatic hydroxyl groups excluding tert-OH is 2. The summed E-state index contributed by atoms with van der Waals surface area (Å²) in [5, 5.41) is 44.8. The number of aliphatic hydroxyl groups is 2. The molecule has 1 aliphatic rings. The Labute approximate surface area is 137 Å². The molecule has 11 heteroatoms. The Bertz CT molecular complexity index is 583. The number of carboxylic acids is 2. The second-order valence-corrected chi connectivity index (χ2v) is 5.12. The van der Waals surface area contributed by atoms with Crippen LogP contribution < -0.4 is 0 Å². The lowest BCUT2D eigenvalue weighted by molar-refractivity contribution is -0.165. The third kappa shape index (κ3) is 5.68. The summed E-state index contributed by atoms with van der Waals surface area (Å²) in [6, 6.07) is 0. The van der Waals surface area contributed by atoms with Crippen molar-refractivity contribution in [3.05, 3.63) is 11.9 Å². The normalized spacial score (nSPS) is 17.2. The molecule has 134 valence electrons. The van der Waals surface area contributed by atoms with E-state index >= 15 is 0 Å². The van der Waals surface area contributed by atoms with Crippen LogP contribution in [-0.4, -0.2) is 89.8 Å². The number of likely N-dealkylation sites (N-methyl/N-ethyl adjacent to an activating group) is 1. The highest BCUT2D eigenvalue weighted by Crippen LogP contribution is 2.15. The Morgan fingerprint density at radius 1 is 1.25 bits per heavy atom. The minimum atomic E-state index is -2.27. The first-order valence-electron chi connectivity index (χ1n) is 7.23. The molecule has 1 aromatic heterocycles. The molecule has 24 heavy (non-hydrogen) atoms. The lowest BCUT2D eigenvalue weighted by Crippen LogP contribution is -2.39. The van der Waals surface area contributed by atoms with Crippen LogP contribution in [0.3, 0.4) is 0 Å². The zero-order valence-electron chi connectivity index (χ0n) is 13.4. The third-order valence-electron chi connectivity index (χ3n) is 3.17. The van der Waals surface area contributed by atoms with Crippen LogP contribution in [-0.2, 0) is 16.1 Å². The number of tetrazole rings is 1. The fraction of sp³-hybridized carbons (Fsp3) is 0.615. The van der Waals surface area contributed by atoms with Crippen molar-refractivity contribution in [1.82, 2.24) is 25.1 Å². The monoisotopic (exact) mass is 343 g/mol. The van der Waals surface area contributed by atoms with Gasteiger partial charge in [0.2, 0.25) is 5.82 Å². The smallest absolute Gasteiger partial charge is 0.335 e. The molecule has 4 N–H and O–H groups in total. The number of aryl methyl sites for hydroxylation is 1. The number of carboxylic acid groups (broad SMARTS) is 2. The lowest BCUT2D eigenvalue weighted by atomic mass is 10.1. The number of hydrogen-bond donors (Lipinski definition) is 4. The van der Waals surface area contributed by atoms with Gasteiger partial charge < -0.3 is 25.3 Å². The van der Waals surface area contributed by atoms with E-state index in [-0.39, 0.29) is 0 Å². The van der Waals surface area contributed by atoms with E-state index < -0.39 is 24.1 Å². The Balaban J connectivity index is 0.000000257. The SMILES string of the molecule is CCn1nnc(C2=CCCN(C)C2)n1.O=C(O)[C@@H](O)[C@H](O)C(=O)O. The molecule has 0 amide bonds. The molecular formula is C13H21N5O6. The molecule has 0 radical (unpaired) electrons. The lowest BCUT2D eigenvalue weighted by Gasteiger charge is -2.20. The number of hydrogen-bond acceptors (Lipinski definition) is 8. The maximum Gasteiger partial charge on any atom is 0.335 e. The predicted octanol–water partition coefficient (Wildman–Crippen LogP) is -1.71. The summed E-state index contributed by atoms with van der Waals surface area (Å²) >= 11 is 0. The average Bonchev–Trinajstić information content (AvgIpc) is 3.03. The summed E-state index contributed by atoms with van der Waals surface area (Å²) in [5.41, 5.74) is 1.19. The summed E-state index contributed by atoms with van der Waals surface area (Å²) in [6.07, 6.45) is -1.25. The van der Waals surface area contributed by atoms with Gasteiger partial charge in [0.25, 0.3) is 0 Å². The van der Waals surface area contributed by atoms with Crippen LogP contribution in [0.15, 0.2) is 6.08 Å². The van der Waals surface area contributed by atoms with Gasteiger partial charge >= 0.3 is 11.9 Å². The molecule has 0 saturated carbocycles. The van der Waals surface area contributed by atoms with Gasteiger partial charge in [0.1, 0.15) is 0 Å². The van der Waals surface area contributed by atoms with Crippen molar-refractivity contribution < 1.29 is 30.0 Å². The molecule has 1 aliphatic heterocycles. The van der Waals surface area contributed by atoms with Gasteiger partial charge in [0.15, 0.2) is 12.2 Å². The summed E-state index contributed by atoms with van der Waals surface area (Å²) in [6.45, 7) is 4.82. The molecule has 2 heterocycles. The number of nitrogens with zero attached hydrogens (tertiary/aromatic N) is 5. The van der Waals surface area contributed by atoms with Crippen LogP contribution in [0.4, 0.5) is 0 Å². The minimum absolute atomic E-state index is 0.774. The minimum Gasteiger partial charge on any atom is -0.479 e.